The van der Waals surface area contributed by atoms with Crippen LogP contribution in [0.3, 0.4) is 0 Å². The molecule has 108 valence electrons. The summed E-state index contributed by atoms with van der Waals surface area (Å²) in [6.45, 7) is 0.911. The minimum atomic E-state index is -0.463. The lowest BCUT2D eigenvalue weighted by Gasteiger charge is -2.19. The molecule has 6 heteroatoms. The molecule has 21 heavy (non-hydrogen) atoms. The Morgan fingerprint density at radius 2 is 1.57 bits per heavy atom. The second-order valence-electron chi connectivity index (χ2n) is 4.43. The van der Waals surface area contributed by atoms with Gasteiger partial charge in [-0.05, 0) is 46.3 Å². The van der Waals surface area contributed by atoms with Crippen molar-refractivity contribution in [1.82, 2.24) is 0 Å². The van der Waals surface area contributed by atoms with Crippen molar-refractivity contribution in [2.45, 2.75) is 0 Å². The Morgan fingerprint density at radius 1 is 0.952 bits per heavy atom. The fourth-order valence-electron chi connectivity index (χ4n) is 2.05. The van der Waals surface area contributed by atoms with Gasteiger partial charge in [-0.1, -0.05) is 15.9 Å². The molecule has 0 spiro atoms. The zero-order valence-corrected chi connectivity index (χ0v) is 13.8. The first-order valence-electron chi connectivity index (χ1n) is 6.15. The second kappa shape index (κ2) is 5.77. The smallest absolute Gasteiger partial charge is 0.195 e. The van der Waals surface area contributed by atoms with Crippen molar-refractivity contribution in [2.24, 2.45) is 0 Å². The summed E-state index contributed by atoms with van der Waals surface area (Å²) in [5.41, 5.74) is 0.651. The number of halogens is 3. The average molecular weight is 416 g/mol. The molecular weight excluding hydrogens is 407 g/mol. The maximum Gasteiger partial charge on any atom is 0.195 e. The van der Waals surface area contributed by atoms with Crippen molar-refractivity contribution < 1.29 is 18.7 Å². The molecule has 0 fully saturated rings. The lowest BCUT2D eigenvalue weighted by Crippen LogP contribution is -2.16. The van der Waals surface area contributed by atoms with E-state index in [1.807, 2.05) is 0 Å². The molecular formula is C15H9Br2FO3. The highest BCUT2D eigenvalue weighted by molar-refractivity contribution is 9.11. The van der Waals surface area contributed by atoms with Gasteiger partial charge in [-0.3, -0.25) is 4.79 Å². The Kier molecular flexibility index (Phi) is 3.99. The van der Waals surface area contributed by atoms with Gasteiger partial charge in [-0.25, -0.2) is 4.39 Å². The van der Waals surface area contributed by atoms with E-state index in [0.29, 0.717) is 39.2 Å². The third-order valence-corrected chi connectivity index (χ3v) is 4.40. The fraction of sp³-hybridized carbons (Fsp3) is 0.133. The maximum atomic E-state index is 13.4. The van der Waals surface area contributed by atoms with E-state index in [9.17, 15) is 9.18 Å². The highest BCUT2D eigenvalue weighted by atomic mass is 79.9. The van der Waals surface area contributed by atoms with E-state index in [0.717, 1.165) is 0 Å². The highest BCUT2D eigenvalue weighted by Gasteiger charge is 2.21. The van der Waals surface area contributed by atoms with Crippen LogP contribution in [0.2, 0.25) is 0 Å². The summed E-state index contributed by atoms with van der Waals surface area (Å²) in [5, 5.41) is 0. The number of fused-ring (bicyclic) bond motifs is 1. The number of rotatable bonds is 2. The number of benzene rings is 2. The summed E-state index contributed by atoms with van der Waals surface area (Å²) in [7, 11) is 0. The van der Waals surface area contributed by atoms with E-state index in [4.69, 9.17) is 9.47 Å². The first kappa shape index (κ1) is 14.5. The van der Waals surface area contributed by atoms with Crippen LogP contribution in [0.15, 0.2) is 39.3 Å². The molecule has 1 aliphatic rings. The Labute approximate surface area is 137 Å². The van der Waals surface area contributed by atoms with Crippen molar-refractivity contribution in [3.8, 4) is 11.5 Å². The van der Waals surface area contributed by atoms with Gasteiger partial charge in [0.25, 0.3) is 0 Å². The number of carbonyl (C=O) groups is 1. The fourth-order valence-corrected chi connectivity index (χ4v) is 2.98. The Morgan fingerprint density at radius 3 is 2.29 bits per heavy atom. The predicted molar refractivity (Wildman–Crippen MR) is 82.7 cm³/mol. The van der Waals surface area contributed by atoms with Crippen LogP contribution < -0.4 is 9.47 Å². The summed E-state index contributed by atoms with van der Waals surface area (Å²) in [5.74, 6) is 0.337. The van der Waals surface area contributed by atoms with Crippen LogP contribution >= 0.6 is 31.9 Å². The molecule has 3 rings (SSSR count). The first-order valence-corrected chi connectivity index (χ1v) is 7.74. The van der Waals surface area contributed by atoms with E-state index < -0.39 is 5.82 Å². The summed E-state index contributed by atoms with van der Waals surface area (Å²) < 4.78 is 25.4. The summed E-state index contributed by atoms with van der Waals surface area (Å²) in [6, 6.07) is 7.30. The maximum absolute atomic E-state index is 13.4. The largest absolute Gasteiger partial charge is 0.486 e. The summed E-state index contributed by atoms with van der Waals surface area (Å²) in [6.07, 6.45) is 0. The Hall–Kier alpha value is -1.40. The minimum Gasteiger partial charge on any atom is -0.486 e. The average Bonchev–Trinajstić information content (AvgIpc) is 2.48. The molecule has 0 radical (unpaired) electrons. The van der Waals surface area contributed by atoms with Gasteiger partial charge in [0.05, 0.1) is 0 Å². The molecule has 0 N–H and O–H groups in total. The summed E-state index contributed by atoms with van der Waals surface area (Å²) in [4.78, 5) is 12.6. The second-order valence-corrected chi connectivity index (χ2v) is 6.14. The van der Waals surface area contributed by atoms with Crippen molar-refractivity contribution in [2.75, 3.05) is 13.2 Å². The molecule has 0 aromatic heterocycles. The minimum absolute atomic E-state index is 0.257. The van der Waals surface area contributed by atoms with E-state index >= 15 is 0 Å². The Bertz CT molecular complexity index is 731. The molecule has 1 aliphatic heterocycles. The van der Waals surface area contributed by atoms with Gasteiger partial charge >= 0.3 is 0 Å². The van der Waals surface area contributed by atoms with Crippen LogP contribution in [0.1, 0.15) is 15.9 Å². The summed E-state index contributed by atoms with van der Waals surface area (Å²) >= 11 is 6.62. The van der Waals surface area contributed by atoms with Crippen molar-refractivity contribution in [3.05, 3.63) is 56.2 Å². The molecule has 2 aromatic rings. The van der Waals surface area contributed by atoms with Crippen LogP contribution in [0.4, 0.5) is 4.39 Å². The van der Waals surface area contributed by atoms with E-state index in [2.05, 4.69) is 31.9 Å². The third-order valence-electron chi connectivity index (χ3n) is 3.05. The molecule has 3 nitrogen and oxygen atoms in total. The van der Waals surface area contributed by atoms with Crippen LogP contribution in [-0.4, -0.2) is 19.0 Å². The van der Waals surface area contributed by atoms with Crippen molar-refractivity contribution in [3.63, 3.8) is 0 Å². The molecule has 1 heterocycles. The van der Waals surface area contributed by atoms with E-state index in [1.165, 1.54) is 18.2 Å². The quantitative estimate of drug-likeness (QED) is 0.684. The predicted octanol–water partition coefficient (Wildman–Crippen LogP) is 4.35. The standard InChI is InChI=1S/C15H9Br2FO3/c16-11-2-1-8(18)5-9(11)15(19)10-6-13-14(7-12(10)17)21-4-3-20-13/h1-2,5-7H,3-4H2. The molecule has 0 amide bonds. The van der Waals surface area contributed by atoms with Crippen molar-refractivity contribution in [1.29, 1.82) is 0 Å². The number of hydrogen-bond acceptors (Lipinski definition) is 3. The first-order chi connectivity index (χ1) is 10.1. The topological polar surface area (TPSA) is 35.5 Å². The van der Waals surface area contributed by atoms with Gasteiger partial charge in [0.2, 0.25) is 0 Å². The Balaban J connectivity index is 2.07. The molecule has 0 saturated heterocycles. The number of hydrogen-bond donors (Lipinski definition) is 0. The van der Waals surface area contributed by atoms with E-state index in [-0.39, 0.29) is 11.3 Å². The lowest BCUT2D eigenvalue weighted by molar-refractivity contribution is 0.103. The molecule has 0 unspecified atom stereocenters. The highest BCUT2D eigenvalue weighted by Crippen LogP contribution is 2.37. The van der Waals surface area contributed by atoms with Gasteiger partial charge in [-0.2, -0.15) is 0 Å². The number of ketones is 1. The number of ether oxygens (including phenoxy) is 2. The van der Waals surface area contributed by atoms with Crippen LogP contribution in [0, 0.1) is 5.82 Å². The van der Waals surface area contributed by atoms with E-state index in [1.54, 1.807) is 12.1 Å². The zero-order chi connectivity index (χ0) is 15.0. The normalized spacial score (nSPS) is 13.1. The molecule has 0 saturated carbocycles. The van der Waals surface area contributed by atoms with Gasteiger partial charge < -0.3 is 9.47 Å². The van der Waals surface area contributed by atoms with Gasteiger partial charge in [0.15, 0.2) is 17.3 Å². The SMILES string of the molecule is O=C(c1cc(F)ccc1Br)c1cc2c(cc1Br)OCCO2. The number of carbonyl (C=O) groups excluding carboxylic acids is 1. The molecule has 0 aliphatic carbocycles. The van der Waals surface area contributed by atoms with Gasteiger partial charge in [0, 0.05) is 20.1 Å². The third kappa shape index (κ3) is 2.82. The van der Waals surface area contributed by atoms with Gasteiger partial charge in [-0.15, -0.1) is 0 Å². The zero-order valence-electron chi connectivity index (χ0n) is 10.7. The van der Waals surface area contributed by atoms with Crippen LogP contribution in [0.25, 0.3) is 0 Å². The van der Waals surface area contributed by atoms with Crippen molar-refractivity contribution >= 4 is 37.6 Å². The molecule has 0 atom stereocenters. The van der Waals surface area contributed by atoms with Gasteiger partial charge in [0.1, 0.15) is 19.0 Å². The van der Waals surface area contributed by atoms with Crippen LogP contribution in [-0.2, 0) is 0 Å². The molecule has 0 bridgehead atoms. The molecule has 2 aromatic carbocycles. The van der Waals surface area contributed by atoms with Crippen LogP contribution in [0.5, 0.6) is 11.5 Å². The lowest BCUT2D eigenvalue weighted by atomic mass is 10.0. The monoisotopic (exact) mass is 414 g/mol.